The normalized spacial score (nSPS) is 13.8. The van der Waals surface area contributed by atoms with Gasteiger partial charge in [0.15, 0.2) is 0 Å². The molecule has 74 valence electrons. The van der Waals surface area contributed by atoms with Crippen LogP contribution in [-0.4, -0.2) is 0 Å². The smallest absolute Gasteiger partial charge is 0.134 e. The van der Waals surface area contributed by atoms with Crippen molar-refractivity contribution >= 4 is 5.57 Å². The van der Waals surface area contributed by atoms with Crippen LogP contribution in [0.1, 0.15) is 22.6 Å². The van der Waals surface area contributed by atoms with Crippen molar-refractivity contribution in [1.29, 1.82) is 0 Å². The fourth-order valence-electron chi connectivity index (χ4n) is 2.10. The second-order valence-electron chi connectivity index (χ2n) is 3.89. The second-order valence-corrected chi connectivity index (χ2v) is 3.89. The van der Waals surface area contributed by atoms with Crippen LogP contribution in [0.3, 0.4) is 0 Å². The molecule has 0 aliphatic heterocycles. The molecule has 1 heteroatoms. The van der Waals surface area contributed by atoms with Crippen molar-refractivity contribution in [3.8, 4) is 0 Å². The van der Waals surface area contributed by atoms with E-state index in [9.17, 15) is 0 Å². The van der Waals surface area contributed by atoms with E-state index < -0.39 is 0 Å². The molecule has 0 saturated carbocycles. The topological polar surface area (TPSA) is 13.1 Å². The summed E-state index contributed by atoms with van der Waals surface area (Å²) < 4.78 is 5.66. The van der Waals surface area contributed by atoms with Crippen molar-refractivity contribution in [1.82, 2.24) is 0 Å². The minimum absolute atomic E-state index is 0.968. The Morgan fingerprint density at radius 3 is 2.73 bits per heavy atom. The third kappa shape index (κ3) is 1.32. The lowest BCUT2D eigenvalue weighted by Gasteiger charge is -2.01. The first kappa shape index (κ1) is 8.54. The van der Waals surface area contributed by atoms with Gasteiger partial charge >= 0.3 is 0 Å². The molecule has 1 nitrogen and oxygen atoms in total. The Morgan fingerprint density at radius 2 is 1.93 bits per heavy atom. The standard InChI is InChI=1S/C14H12O/c1-10-6-9-14(15-10)13-8-7-11-4-2-3-5-12(11)13/h2-6,8-9H,7H2,1H3. The van der Waals surface area contributed by atoms with E-state index >= 15 is 0 Å². The van der Waals surface area contributed by atoms with Crippen molar-refractivity contribution in [2.24, 2.45) is 0 Å². The highest BCUT2D eigenvalue weighted by atomic mass is 16.3. The van der Waals surface area contributed by atoms with E-state index in [0.29, 0.717) is 0 Å². The number of furan rings is 1. The molecule has 1 aliphatic carbocycles. The SMILES string of the molecule is Cc1ccc(C2=CCc3ccccc32)o1. The highest BCUT2D eigenvalue weighted by Crippen LogP contribution is 2.33. The summed E-state index contributed by atoms with van der Waals surface area (Å²) in [4.78, 5) is 0. The van der Waals surface area contributed by atoms with Crippen molar-refractivity contribution in [2.45, 2.75) is 13.3 Å². The van der Waals surface area contributed by atoms with E-state index in [1.807, 2.05) is 19.1 Å². The van der Waals surface area contributed by atoms with Gasteiger partial charge in [-0.25, -0.2) is 0 Å². The Labute approximate surface area is 89.0 Å². The van der Waals surface area contributed by atoms with Gasteiger partial charge in [-0.2, -0.15) is 0 Å². The maximum absolute atomic E-state index is 5.66. The zero-order valence-electron chi connectivity index (χ0n) is 8.66. The van der Waals surface area contributed by atoms with Gasteiger partial charge in [-0.3, -0.25) is 0 Å². The Morgan fingerprint density at radius 1 is 1.07 bits per heavy atom. The number of aryl methyl sites for hydroxylation is 1. The molecule has 1 aliphatic rings. The summed E-state index contributed by atoms with van der Waals surface area (Å²) in [5, 5.41) is 0. The van der Waals surface area contributed by atoms with Crippen LogP contribution in [0.4, 0.5) is 0 Å². The summed E-state index contributed by atoms with van der Waals surface area (Å²) >= 11 is 0. The molecule has 0 bridgehead atoms. The fraction of sp³-hybridized carbons (Fsp3) is 0.143. The lowest BCUT2D eigenvalue weighted by molar-refractivity contribution is 0.522. The minimum Gasteiger partial charge on any atom is -0.461 e. The summed E-state index contributed by atoms with van der Waals surface area (Å²) in [6.07, 6.45) is 3.26. The molecular formula is C14H12O. The first-order valence-corrected chi connectivity index (χ1v) is 5.20. The highest BCUT2D eigenvalue weighted by Gasteiger charge is 2.16. The average molecular weight is 196 g/mol. The predicted octanol–water partition coefficient (Wildman–Crippen LogP) is 3.58. The Bertz CT molecular complexity index is 532. The molecule has 1 heterocycles. The summed E-state index contributed by atoms with van der Waals surface area (Å²) in [7, 11) is 0. The number of allylic oxidation sites excluding steroid dienone is 1. The number of hydrogen-bond acceptors (Lipinski definition) is 1. The first-order valence-electron chi connectivity index (χ1n) is 5.20. The van der Waals surface area contributed by atoms with Crippen LogP contribution in [-0.2, 0) is 6.42 Å². The molecule has 1 aromatic heterocycles. The fourth-order valence-corrected chi connectivity index (χ4v) is 2.10. The lowest BCUT2D eigenvalue weighted by Crippen LogP contribution is -1.83. The predicted molar refractivity (Wildman–Crippen MR) is 60.7 cm³/mol. The van der Waals surface area contributed by atoms with Gasteiger partial charge in [0.2, 0.25) is 0 Å². The molecular weight excluding hydrogens is 184 g/mol. The molecule has 0 saturated heterocycles. The molecule has 0 radical (unpaired) electrons. The van der Waals surface area contributed by atoms with Crippen LogP contribution in [0, 0.1) is 6.92 Å². The van der Waals surface area contributed by atoms with E-state index in [2.05, 4.69) is 30.3 Å². The van der Waals surface area contributed by atoms with Crippen LogP contribution in [0.25, 0.3) is 5.57 Å². The van der Waals surface area contributed by atoms with E-state index in [-0.39, 0.29) is 0 Å². The molecule has 0 unspecified atom stereocenters. The summed E-state index contributed by atoms with van der Waals surface area (Å²) in [5.74, 6) is 1.95. The van der Waals surface area contributed by atoms with Gasteiger partial charge in [0.05, 0.1) is 0 Å². The number of hydrogen-bond donors (Lipinski definition) is 0. The Hall–Kier alpha value is -1.76. The van der Waals surface area contributed by atoms with Crippen molar-refractivity contribution in [2.75, 3.05) is 0 Å². The van der Waals surface area contributed by atoms with E-state index in [1.165, 1.54) is 16.7 Å². The maximum atomic E-state index is 5.66. The van der Waals surface area contributed by atoms with Crippen LogP contribution in [0.5, 0.6) is 0 Å². The number of fused-ring (bicyclic) bond motifs is 1. The highest BCUT2D eigenvalue weighted by molar-refractivity contribution is 5.82. The molecule has 2 aromatic rings. The summed E-state index contributed by atoms with van der Waals surface area (Å²) in [6.45, 7) is 1.98. The maximum Gasteiger partial charge on any atom is 0.134 e. The van der Waals surface area contributed by atoms with Gasteiger partial charge in [0.1, 0.15) is 11.5 Å². The number of rotatable bonds is 1. The molecule has 1 aromatic carbocycles. The third-order valence-corrected chi connectivity index (χ3v) is 2.84. The van der Waals surface area contributed by atoms with Gasteiger partial charge in [0, 0.05) is 5.57 Å². The molecule has 3 rings (SSSR count). The lowest BCUT2D eigenvalue weighted by atomic mass is 10.0. The van der Waals surface area contributed by atoms with Crippen molar-refractivity contribution in [3.05, 3.63) is 65.1 Å². The first-order chi connectivity index (χ1) is 7.34. The van der Waals surface area contributed by atoms with Gasteiger partial charge in [-0.1, -0.05) is 30.3 Å². The van der Waals surface area contributed by atoms with Gasteiger partial charge in [0.25, 0.3) is 0 Å². The molecule has 0 amide bonds. The third-order valence-electron chi connectivity index (χ3n) is 2.84. The van der Waals surface area contributed by atoms with Gasteiger partial charge in [-0.15, -0.1) is 0 Å². The monoisotopic (exact) mass is 196 g/mol. The van der Waals surface area contributed by atoms with Crippen LogP contribution in [0.15, 0.2) is 46.9 Å². The summed E-state index contributed by atoms with van der Waals surface area (Å²) in [6, 6.07) is 12.6. The molecule has 0 fully saturated rings. The van der Waals surface area contributed by atoms with E-state index in [4.69, 9.17) is 4.42 Å². The van der Waals surface area contributed by atoms with Crippen LogP contribution in [0.2, 0.25) is 0 Å². The number of benzene rings is 1. The van der Waals surface area contributed by atoms with Gasteiger partial charge < -0.3 is 4.42 Å². The van der Waals surface area contributed by atoms with Crippen LogP contribution >= 0.6 is 0 Å². The van der Waals surface area contributed by atoms with Crippen molar-refractivity contribution in [3.63, 3.8) is 0 Å². The molecule has 0 spiro atoms. The average Bonchev–Trinajstić information content (AvgIpc) is 2.83. The Kier molecular flexibility index (Phi) is 1.78. The van der Waals surface area contributed by atoms with Gasteiger partial charge in [-0.05, 0) is 36.6 Å². The largest absolute Gasteiger partial charge is 0.461 e. The molecule has 0 N–H and O–H groups in total. The van der Waals surface area contributed by atoms with E-state index in [1.54, 1.807) is 0 Å². The zero-order chi connectivity index (χ0) is 10.3. The van der Waals surface area contributed by atoms with Crippen molar-refractivity contribution < 1.29 is 4.42 Å². The second kappa shape index (κ2) is 3.13. The molecule has 0 atom stereocenters. The summed E-state index contributed by atoms with van der Waals surface area (Å²) in [5.41, 5.74) is 3.94. The quantitative estimate of drug-likeness (QED) is 0.679. The minimum atomic E-state index is 0.968. The zero-order valence-corrected chi connectivity index (χ0v) is 8.66. The Balaban J connectivity index is 2.10. The van der Waals surface area contributed by atoms with E-state index in [0.717, 1.165) is 17.9 Å². The molecule has 15 heavy (non-hydrogen) atoms. The van der Waals surface area contributed by atoms with Crippen LogP contribution < -0.4 is 0 Å².